The number of ketones is 2. The molecule has 0 aliphatic heterocycles. The Labute approximate surface area is 199 Å². The van der Waals surface area contributed by atoms with Gasteiger partial charge in [-0.3, -0.25) is 19.4 Å². The van der Waals surface area contributed by atoms with E-state index in [0.29, 0.717) is 35.2 Å². The number of pyridine rings is 1. The standard InChI is InChI=1S/C24H22Cl2F2N2O3/c1-11-3-13(22-17(28)7-16(27)10-30-22)4-12(2)20(11)21-18(31)5-14(23(21)33)6-19(32)29-9-15-8-24(15,25)26/h3-4,7,10,14-15,21H,5-6,8-9H2,1-2H3,(H,29,32). The second-order valence-corrected chi connectivity index (χ2v) is 10.4. The van der Waals surface area contributed by atoms with E-state index in [9.17, 15) is 23.2 Å². The molecule has 3 unspecified atom stereocenters. The summed E-state index contributed by atoms with van der Waals surface area (Å²) in [5, 5.41) is 2.73. The number of Topliss-reactive ketones (excluding diaryl/α,β-unsaturated/α-hetero) is 2. The van der Waals surface area contributed by atoms with Crippen molar-refractivity contribution in [1.29, 1.82) is 0 Å². The van der Waals surface area contributed by atoms with Crippen LogP contribution in [0.2, 0.25) is 0 Å². The number of amides is 1. The average molecular weight is 495 g/mol. The molecule has 1 aromatic carbocycles. The highest BCUT2D eigenvalue weighted by Gasteiger charge is 2.51. The SMILES string of the molecule is Cc1cc(-c2ncc(F)cc2F)cc(C)c1C1C(=O)CC(CC(=O)NCC2CC2(Cl)Cl)C1=O. The molecule has 2 aromatic rings. The van der Waals surface area contributed by atoms with Crippen molar-refractivity contribution in [2.24, 2.45) is 11.8 Å². The molecule has 1 N–H and O–H groups in total. The number of nitrogens with zero attached hydrogens (tertiary/aromatic N) is 1. The number of rotatable bonds is 6. The molecule has 0 radical (unpaired) electrons. The molecule has 2 saturated carbocycles. The summed E-state index contributed by atoms with van der Waals surface area (Å²) in [5.41, 5.74) is 2.23. The molecule has 174 valence electrons. The van der Waals surface area contributed by atoms with E-state index in [1.54, 1.807) is 26.0 Å². The minimum Gasteiger partial charge on any atom is -0.356 e. The summed E-state index contributed by atoms with van der Waals surface area (Å²) < 4.78 is 26.6. The fourth-order valence-electron chi connectivity index (χ4n) is 4.55. The zero-order chi connectivity index (χ0) is 24.1. The lowest BCUT2D eigenvalue weighted by Gasteiger charge is -2.17. The van der Waals surface area contributed by atoms with Gasteiger partial charge < -0.3 is 5.32 Å². The second-order valence-electron chi connectivity index (χ2n) is 8.88. The van der Waals surface area contributed by atoms with E-state index in [2.05, 4.69) is 10.3 Å². The number of aromatic nitrogens is 1. The number of halogens is 4. The molecular formula is C24H22Cl2F2N2O3. The van der Waals surface area contributed by atoms with E-state index in [-0.39, 0.29) is 41.9 Å². The highest BCUT2D eigenvalue weighted by molar-refractivity contribution is 6.50. The predicted molar refractivity (Wildman–Crippen MR) is 120 cm³/mol. The number of alkyl halides is 2. The van der Waals surface area contributed by atoms with Gasteiger partial charge >= 0.3 is 0 Å². The van der Waals surface area contributed by atoms with Crippen LogP contribution in [-0.2, 0) is 14.4 Å². The van der Waals surface area contributed by atoms with E-state index in [1.165, 1.54) is 0 Å². The van der Waals surface area contributed by atoms with Crippen LogP contribution in [0.25, 0.3) is 11.3 Å². The van der Waals surface area contributed by atoms with Gasteiger partial charge in [0, 0.05) is 42.9 Å². The number of hydrogen-bond acceptors (Lipinski definition) is 4. The summed E-state index contributed by atoms with van der Waals surface area (Å²) >= 11 is 11.9. The number of carbonyl (C=O) groups is 3. The highest BCUT2D eigenvalue weighted by Crippen LogP contribution is 2.52. The van der Waals surface area contributed by atoms with Gasteiger partial charge in [0.2, 0.25) is 5.91 Å². The Kier molecular flexibility index (Phi) is 6.31. The van der Waals surface area contributed by atoms with Crippen LogP contribution in [0.15, 0.2) is 24.4 Å². The fraction of sp³-hybridized carbons (Fsp3) is 0.417. The molecule has 33 heavy (non-hydrogen) atoms. The van der Waals surface area contributed by atoms with E-state index < -0.39 is 27.8 Å². The van der Waals surface area contributed by atoms with Crippen molar-refractivity contribution in [2.45, 2.75) is 43.4 Å². The van der Waals surface area contributed by atoms with Crippen LogP contribution in [0.1, 0.15) is 41.9 Å². The molecule has 1 aromatic heterocycles. The van der Waals surface area contributed by atoms with Gasteiger partial charge in [-0.25, -0.2) is 8.78 Å². The maximum absolute atomic E-state index is 14.2. The Morgan fingerprint density at radius 3 is 2.39 bits per heavy atom. The van der Waals surface area contributed by atoms with Crippen LogP contribution in [0.3, 0.4) is 0 Å². The van der Waals surface area contributed by atoms with Gasteiger partial charge in [-0.15, -0.1) is 23.2 Å². The Morgan fingerprint density at radius 2 is 1.82 bits per heavy atom. The smallest absolute Gasteiger partial charge is 0.220 e. The van der Waals surface area contributed by atoms with Crippen molar-refractivity contribution in [2.75, 3.05) is 6.54 Å². The predicted octanol–water partition coefficient (Wildman–Crippen LogP) is 4.59. The molecule has 2 fully saturated rings. The third-order valence-corrected chi connectivity index (χ3v) is 7.28. The lowest BCUT2D eigenvalue weighted by atomic mass is 9.85. The monoisotopic (exact) mass is 494 g/mol. The average Bonchev–Trinajstić information content (AvgIpc) is 3.24. The minimum atomic E-state index is -0.968. The van der Waals surface area contributed by atoms with Gasteiger partial charge in [0.05, 0.1) is 6.20 Å². The highest BCUT2D eigenvalue weighted by atomic mass is 35.5. The summed E-state index contributed by atoms with van der Waals surface area (Å²) in [6.07, 6.45) is 1.45. The lowest BCUT2D eigenvalue weighted by molar-refractivity contribution is -0.128. The van der Waals surface area contributed by atoms with Crippen LogP contribution < -0.4 is 5.32 Å². The molecule has 1 amide bonds. The largest absolute Gasteiger partial charge is 0.356 e. The Morgan fingerprint density at radius 1 is 1.18 bits per heavy atom. The first-order valence-corrected chi connectivity index (χ1v) is 11.4. The molecule has 0 spiro atoms. The normalized spacial score (nSPS) is 23.6. The van der Waals surface area contributed by atoms with E-state index in [1.807, 2.05) is 0 Å². The summed E-state index contributed by atoms with van der Waals surface area (Å²) in [4.78, 5) is 42.0. The van der Waals surface area contributed by atoms with E-state index >= 15 is 0 Å². The molecular weight excluding hydrogens is 473 g/mol. The van der Waals surface area contributed by atoms with Gasteiger partial charge in [-0.1, -0.05) is 0 Å². The second kappa shape index (κ2) is 8.76. The molecule has 2 aliphatic carbocycles. The van der Waals surface area contributed by atoms with Crippen molar-refractivity contribution in [1.82, 2.24) is 10.3 Å². The molecule has 4 rings (SSSR count). The van der Waals surface area contributed by atoms with Crippen LogP contribution in [-0.4, -0.2) is 33.3 Å². The Hall–Kier alpha value is -2.38. The molecule has 9 heteroatoms. The molecule has 0 bridgehead atoms. The number of nitrogens with one attached hydrogen (secondary N) is 1. The van der Waals surface area contributed by atoms with Crippen molar-refractivity contribution in [3.05, 3.63) is 52.7 Å². The maximum atomic E-state index is 14.2. The van der Waals surface area contributed by atoms with Gasteiger partial charge in [0.15, 0.2) is 11.6 Å². The third-order valence-electron chi connectivity index (χ3n) is 6.35. The molecule has 1 heterocycles. The van der Waals surface area contributed by atoms with Crippen molar-refractivity contribution in [3.8, 4) is 11.3 Å². The fourth-order valence-corrected chi connectivity index (χ4v) is 5.08. The minimum absolute atomic E-state index is 0.00985. The number of hydrogen-bond donors (Lipinski definition) is 1. The zero-order valence-electron chi connectivity index (χ0n) is 18.1. The van der Waals surface area contributed by atoms with Gasteiger partial charge in [0.1, 0.15) is 27.5 Å². The van der Waals surface area contributed by atoms with Crippen LogP contribution in [0.5, 0.6) is 0 Å². The van der Waals surface area contributed by atoms with Gasteiger partial charge in [0.25, 0.3) is 0 Å². The first-order valence-electron chi connectivity index (χ1n) is 10.6. The Balaban J connectivity index is 1.51. The molecule has 5 nitrogen and oxygen atoms in total. The maximum Gasteiger partial charge on any atom is 0.220 e. The third kappa shape index (κ3) is 4.80. The molecule has 0 saturated heterocycles. The summed E-state index contributed by atoms with van der Waals surface area (Å²) in [5.74, 6) is -4.12. The number of carbonyl (C=O) groups excluding carboxylic acids is 3. The summed E-state index contributed by atoms with van der Waals surface area (Å²) in [7, 11) is 0. The van der Waals surface area contributed by atoms with E-state index in [4.69, 9.17) is 23.2 Å². The first-order chi connectivity index (χ1) is 15.5. The van der Waals surface area contributed by atoms with Gasteiger partial charge in [-0.05, 0) is 49.1 Å². The van der Waals surface area contributed by atoms with E-state index in [0.717, 1.165) is 12.3 Å². The van der Waals surface area contributed by atoms with Crippen LogP contribution in [0, 0.1) is 37.3 Å². The van der Waals surface area contributed by atoms with Crippen molar-refractivity contribution >= 4 is 40.7 Å². The topological polar surface area (TPSA) is 76.1 Å². The van der Waals surface area contributed by atoms with Crippen LogP contribution >= 0.6 is 23.2 Å². The van der Waals surface area contributed by atoms with Crippen LogP contribution in [0.4, 0.5) is 8.78 Å². The number of aryl methyl sites for hydroxylation is 2. The molecule has 3 atom stereocenters. The van der Waals surface area contributed by atoms with Gasteiger partial charge in [-0.2, -0.15) is 0 Å². The zero-order valence-corrected chi connectivity index (χ0v) is 19.6. The Bertz CT molecular complexity index is 1150. The van der Waals surface area contributed by atoms with Crippen molar-refractivity contribution < 1.29 is 23.2 Å². The molecule has 2 aliphatic rings. The first kappa shape index (κ1) is 23.8. The quantitative estimate of drug-likeness (QED) is 0.470. The summed E-state index contributed by atoms with van der Waals surface area (Å²) in [6, 6.07) is 4.02. The lowest BCUT2D eigenvalue weighted by Crippen LogP contribution is -2.29. The number of benzene rings is 1. The summed E-state index contributed by atoms with van der Waals surface area (Å²) in [6.45, 7) is 3.79. The van der Waals surface area contributed by atoms with Crippen molar-refractivity contribution in [3.63, 3.8) is 0 Å².